The highest BCUT2D eigenvalue weighted by Crippen LogP contribution is 2.41. The van der Waals surface area contributed by atoms with E-state index >= 15 is 0 Å². The molecule has 2 heterocycles. The van der Waals surface area contributed by atoms with Gasteiger partial charge in [0.25, 0.3) is 0 Å². The largest absolute Gasteiger partial charge is 0.394 e. The van der Waals surface area contributed by atoms with E-state index in [0.717, 1.165) is 19.6 Å². The number of nitrogens with one attached hydrogen (secondary N) is 1. The number of rotatable bonds is 6. The van der Waals surface area contributed by atoms with Gasteiger partial charge in [-0.25, -0.2) is 0 Å². The zero-order valence-corrected chi connectivity index (χ0v) is 12.3. The van der Waals surface area contributed by atoms with Gasteiger partial charge in [-0.15, -0.1) is 0 Å². The number of aliphatic hydroxyl groups is 1. The summed E-state index contributed by atoms with van der Waals surface area (Å²) in [7, 11) is 0. The van der Waals surface area contributed by atoms with Crippen LogP contribution in [0.25, 0.3) is 0 Å². The summed E-state index contributed by atoms with van der Waals surface area (Å²) >= 11 is 0. The Morgan fingerprint density at radius 1 is 1.21 bits per heavy atom. The van der Waals surface area contributed by atoms with Gasteiger partial charge in [0, 0.05) is 25.7 Å². The molecule has 1 aliphatic carbocycles. The number of fused-ring (bicyclic) bond motifs is 2. The van der Waals surface area contributed by atoms with Crippen LogP contribution >= 0.6 is 0 Å². The second-order valence-electron chi connectivity index (χ2n) is 7.04. The Morgan fingerprint density at radius 2 is 1.84 bits per heavy atom. The van der Waals surface area contributed by atoms with Gasteiger partial charge in [-0.2, -0.15) is 0 Å². The molecule has 0 amide bonds. The fourth-order valence-corrected chi connectivity index (χ4v) is 3.96. The number of likely N-dealkylation sites (tertiary alicyclic amines) is 1. The normalized spacial score (nSPS) is 34.7. The standard InChI is InChI=1S/C15H28N2O2/c1-11(2)16-15(10-18,12-3-4-12)9-17-7-13-5-6-14(8-17)19-13/h11-14,16,18H,3-10H2,1-2H3. The van der Waals surface area contributed by atoms with Crippen LogP contribution in [-0.4, -0.2) is 60.0 Å². The molecule has 0 aromatic carbocycles. The van der Waals surface area contributed by atoms with Gasteiger partial charge in [0.05, 0.1) is 24.4 Å². The second kappa shape index (κ2) is 5.32. The van der Waals surface area contributed by atoms with Gasteiger partial charge in [-0.1, -0.05) is 13.8 Å². The Kier molecular flexibility index (Phi) is 3.87. The highest BCUT2D eigenvalue weighted by molar-refractivity contribution is 5.04. The van der Waals surface area contributed by atoms with Crippen LogP contribution in [0.2, 0.25) is 0 Å². The first-order valence-electron chi connectivity index (χ1n) is 7.87. The first kappa shape index (κ1) is 13.8. The Morgan fingerprint density at radius 3 is 2.32 bits per heavy atom. The Labute approximate surface area is 116 Å². The van der Waals surface area contributed by atoms with Crippen LogP contribution in [0.4, 0.5) is 0 Å². The van der Waals surface area contributed by atoms with Crippen molar-refractivity contribution in [3.05, 3.63) is 0 Å². The highest BCUT2D eigenvalue weighted by atomic mass is 16.5. The molecule has 0 spiro atoms. The second-order valence-corrected chi connectivity index (χ2v) is 7.04. The molecule has 3 unspecified atom stereocenters. The molecule has 2 N–H and O–H groups in total. The summed E-state index contributed by atoms with van der Waals surface area (Å²) in [6.45, 7) is 7.67. The van der Waals surface area contributed by atoms with Crippen LogP contribution in [0.5, 0.6) is 0 Å². The molecule has 0 aromatic rings. The van der Waals surface area contributed by atoms with E-state index in [-0.39, 0.29) is 12.1 Å². The summed E-state index contributed by atoms with van der Waals surface area (Å²) < 4.78 is 5.91. The zero-order chi connectivity index (χ0) is 13.5. The van der Waals surface area contributed by atoms with E-state index in [1.165, 1.54) is 25.7 Å². The average Bonchev–Trinajstić information content (AvgIpc) is 3.15. The van der Waals surface area contributed by atoms with Crippen LogP contribution < -0.4 is 5.32 Å². The molecule has 3 atom stereocenters. The number of ether oxygens (including phenoxy) is 1. The maximum Gasteiger partial charge on any atom is 0.0707 e. The maximum absolute atomic E-state index is 9.99. The number of hydrogen-bond donors (Lipinski definition) is 2. The van der Waals surface area contributed by atoms with Gasteiger partial charge in [-0.05, 0) is 31.6 Å². The van der Waals surface area contributed by atoms with E-state index in [1.54, 1.807) is 0 Å². The van der Waals surface area contributed by atoms with Crippen molar-refractivity contribution in [1.29, 1.82) is 0 Å². The third-order valence-electron chi connectivity index (χ3n) is 4.84. The minimum Gasteiger partial charge on any atom is -0.394 e. The van der Waals surface area contributed by atoms with Crippen molar-refractivity contribution < 1.29 is 9.84 Å². The van der Waals surface area contributed by atoms with Crippen LogP contribution in [-0.2, 0) is 4.74 Å². The summed E-state index contributed by atoms with van der Waals surface area (Å²) in [4.78, 5) is 2.52. The van der Waals surface area contributed by atoms with E-state index in [0.29, 0.717) is 24.2 Å². The lowest BCUT2D eigenvalue weighted by Crippen LogP contribution is -2.61. The SMILES string of the molecule is CC(C)NC(CO)(CN1CC2CCC(C1)O2)C1CC1. The van der Waals surface area contributed by atoms with E-state index < -0.39 is 0 Å². The van der Waals surface area contributed by atoms with Gasteiger partial charge >= 0.3 is 0 Å². The summed E-state index contributed by atoms with van der Waals surface area (Å²) in [5, 5.41) is 13.7. The van der Waals surface area contributed by atoms with Crippen molar-refractivity contribution in [2.75, 3.05) is 26.2 Å². The van der Waals surface area contributed by atoms with Crippen molar-refractivity contribution in [2.45, 2.75) is 63.3 Å². The molecule has 2 bridgehead atoms. The fraction of sp³-hybridized carbons (Fsp3) is 1.00. The van der Waals surface area contributed by atoms with Gasteiger partial charge in [0.15, 0.2) is 0 Å². The Hall–Kier alpha value is -0.160. The van der Waals surface area contributed by atoms with E-state index in [9.17, 15) is 5.11 Å². The summed E-state index contributed by atoms with van der Waals surface area (Å²) in [5.74, 6) is 0.653. The molecule has 3 rings (SSSR count). The van der Waals surface area contributed by atoms with Gasteiger partial charge < -0.3 is 15.2 Å². The van der Waals surface area contributed by atoms with E-state index in [4.69, 9.17) is 4.74 Å². The minimum absolute atomic E-state index is 0.0923. The molecule has 4 nitrogen and oxygen atoms in total. The highest BCUT2D eigenvalue weighted by Gasteiger charge is 2.47. The molecule has 1 saturated carbocycles. The first-order valence-corrected chi connectivity index (χ1v) is 7.87. The summed E-state index contributed by atoms with van der Waals surface area (Å²) in [6, 6.07) is 0.422. The lowest BCUT2D eigenvalue weighted by Gasteiger charge is -2.42. The number of aliphatic hydroxyl groups excluding tert-OH is 1. The molecular weight excluding hydrogens is 240 g/mol. The number of nitrogens with zero attached hydrogens (tertiary/aromatic N) is 1. The number of morpholine rings is 1. The lowest BCUT2D eigenvalue weighted by molar-refractivity contribution is -0.0525. The molecule has 4 heteroatoms. The third-order valence-corrected chi connectivity index (χ3v) is 4.84. The van der Waals surface area contributed by atoms with Crippen LogP contribution in [0, 0.1) is 5.92 Å². The molecule has 0 radical (unpaired) electrons. The fourth-order valence-electron chi connectivity index (χ4n) is 3.96. The third kappa shape index (κ3) is 2.97. The van der Waals surface area contributed by atoms with Gasteiger partial charge in [0.1, 0.15) is 0 Å². The predicted molar refractivity (Wildman–Crippen MR) is 75.1 cm³/mol. The van der Waals surface area contributed by atoms with E-state index in [1.807, 2.05) is 0 Å². The van der Waals surface area contributed by atoms with Crippen molar-refractivity contribution in [1.82, 2.24) is 10.2 Å². The summed E-state index contributed by atoms with van der Waals surface area (Å²) in [5.41, 5.74) is -0.0923. The van der Waals surface area contributed by atoms with Crippen LogP contribution in [0.1, 0.15) is 39.5 Å². The zero-order valence-electron chi connectivity index (χ0n) is 12.3. The van der Waals surface area contributed by atoms with Crippen molar-refractivity contribution in [2.24, 2.45) is 5.92 Å². The van der Waals surface area contributed by atoms with Crippen molar-refractivity contribution in [3.8, 4) is 0 Å². The van der Waals surface area contributed by atoms with Crippen molar-refractivity contribution >= 4 is 0 Å². The van der Waals surface area contributed by atoms with Crippen LogP contribution in [0.3, 0.4) is 0 Å². The lowest BCUT2D eigenvalue weighted by atomic mass is 9.92. The molecule has 110 valence electrons. The topological polar surface area (TPSA) is 44.7 Å². The Balaban J connectivity index is 1.66. The van der Waals surface area contributed by atoms with Crippen LogP contribution in [0.15, 0.2) is 0 Å². The quantitative estimate of drug-likeness (QED) is 0.754. The van der Waals surface area contributed by atoms with E-state index in [2.05, 4.69) is 24.1 Å². The first-order chi connectivity index (χ1) is 9.11. The Bertz CT molecular complexity index is 307. The minimum atomic E-state index is -0.0923. The molecular formula is C15H28N2O2. The predicted octanol–water partition coefficient (Wildman–Crippen LogP) is 0.989. The molecule has 0 aromatic heterocycles. The van der Waals surface area contributed by atoms with Crippen molar-refractivity contribution in [3.63, 3.8) is 0 Å². The summed E-state index contributed by atoms with van der Waals surface area (Å²) in [6.07, 6.45) is 5.83. The van der Waals surface area contributed by atoms with Gasteiger partial charge in [-0.3, -0.25) is 4.90 Å². The van der Waals surface area contributed by atoms with Gasteiger partial charge in [0.2, 0.25) is 0 Å². The molecule has 3 aliphatic rings. The monoisotopic (exact) mass is 268 g/mol. The molecule has 2 saturated heterocycles. The molecule has 2 aliphatic heterocycles. The number of hydrogen-bond acceptors (Lipinski definition) is 4. The molecule has 3 fully saturated rings. The maximum atomic E-state index is 9.99. The molecule has 19 heavy (non-hydrogen) atoms. The smallest absolute Gasteiger partial charge is 0.0707 e. The average molecular weight is 268 g/mol.